The predicted octanol–water partition coefficient (Wildman–Crippen LogP) is 5.63. The number of likely N-dealkylation sites (N-methyl/N-ethyl adjacent to an activating group) is 1. The normalized spacial score (nSPS) is 11.4. The Morgan fingerprint density at radius 1 is 1.14 bits per heavy atom. The van der Waals surface area contributed by atoms with Gasteiger partial charge in [0, 0.05) is 44.7 Å². The van der Waals surface area contributed by atoms with Crippen molar-refractivity contribution in [1.29, 1.82) is 0 Å². The van der Waals surface area contributed by atoms with E-state index in [0.29, 0.717) is 38.5 Å². The number of allylic oxidation sites excluding steroid dienone is 1. The number of pyridine rings is 1. The number of hydrogen-bond donors (Lipinski definition) is 4. The second-order valence-corrected chi connectivity index (χ2v) is 11.3. The van der Waals surface area contributed by atoms with Crippen LogP contribution in [0.25, 0.3) is 10.2 Å². The third-order valence-corrected chi connectivity index (χ3v) is 7.32. The molecule has 0 bridgehead atoms. The Morgan fingerprint density at radius 2 is 1.84 bits per heavy atom. The standard InChI is InChI=1S/C16H22N2O3.C15H12FN3O2S2/c1-5-13(11-19)15(20)18(14-9-7-6-8-10-14)17(4)12-16(2,3)21;1-17-8-2-3-11(9(16)6-8)21-12-4-5-18-10-7-13(15(20)19-22)23-14(10)12/h5-11,21H,12H2,1-4H3;2-7,17,22H,1H3,(H,19,20)/b13-5+;. The monoisotopic (exact) mass is 639 g/mol. The molecule has 13 heteroatoms. The molecule has 0 spiro atoms. The number of ether oxygens (including phenoxy) is 1. The van der Waals surface area contributed by atoms with Crippen molar-refractivity contribution in [3.05, 3.63) is 89.2 Å². The first-order valence-corrected chi connectivity index (χ1v) is 14.6. The fourth-order valence-electron chi connectivity index (χ4n) is 4.05. The zero-order valence-corrected chi connectivity index (χ0v) is 26.6. The number of nitrogens with zero attached hydrogens (tertiary/aromatic N) is 3. The smallest absolute Gasteiger partial charge is 0.275 e. The van der Waals surface area contributed by atoms with Crippen LogP contribution in [-0.4, -0.2) is 59.4 Å². The van der Waals surface area contributed by atoms with Gasteiger partial charge < -0.3 is 15.2 Å². The molecule has 0 aliphatic carbocycles. The number of para-hydroxylation sites is 1. The maximum absolute atomic E-state index is 14.1. The van der Waals surface area contributed by atoms with Crippen molar-refractivity contribution >= 4 is 63.8 Å². The highest BCUT2D eigenvalue weighted by molar-refractivity contribution is 7.78. The zero-order chi connectivity index (χ0) is 32.4. The molecule has 0 atom stereocenters. The van der Waals surface area contributed by atoms with Crippen LogP contribution in [-0.2, 0) is 9.59 Å². The van der Waals surface area contributed by atoms with E-state index in [9.17, 15) is 23.9 Å². The number of carbonyl (C=O) groups is 3. The van der Waals surface area contributed by atoms with Crippen molar-refractivity contribution in [2.24, 2.45) is 0 Å². The highest BCUT2D eigenvalue weighted by atomic mass is 32.1. The lowest BCUT2D eigenvalue weighted by molar-refractivity contribution is -0.120. The molecule has 0 fully saturated rings. The van der Waals surface area contributed by atoms with Gasteiger partial charge in [-0.3, -0.25) is 24.1 Å². The summed E-state index contributed by atoms with van der Waals surface area (Å²) >= 11 is 4.95. The van der Waals surface area contributed by atoms with Gasteiger partial charge in [0.2, 0.25) is 0 Å². The minimum absolute atomic E-state index is 0.0708. The Morgan fingerprint density at radius 3 is 2.41 bits per heavy atom. The van der Waals surface area contributed by atoms with Crippen LogP contribution in [0.5, 0.6) is 11.5 Å². The van der Waals surface area contributed by atoms with Crippen LogP contribution in [0, 0.1) is 5.82 Å². The molecule has 4 rings (SSSR count). The number of benzene rings is 2. The van der Waals surface area contributed by atoms with E-state index < -0.39 is 17.3 Å². The number of amides is 2. The van der Waals surface area contributed by atoms with Crippen LogP contribution in [0.3, 0.4) is 0 Å². The Balaban J connectivity index is 0.000000242. The van der Waals surface area contributed by atoms with E-state index in [-0.39, 0.29) is 23.8 Å². The van der Waals surface area contributed by atoms with Crippen LogP contribution in [0.15, 0.2) is 78.5 Å². The minimum Gasteiger partial charge on any atom is -0.453 e. The summed E-state index contributed by atoms with van der Waals surface area (Å²) in [7, 11) is 3.41. The molecule has 2 aromatic heterocycles. The van der Waals surface area contributed by atoms with E-state index in [1.54, 1.807) is 82.5 Å². The van der Waals surface area contributed by atoms with Crippen LogP contribution in [0.2, 0.25) is 0 Å². The molecule has 2 aromatic carbocycles. The molecule has 0 radical (unpaired) electrons. The lowest BCUT2D eigenvalue weighted by Crippen LogP contribution is -2.50. The fraction of sp³-hybridized carbons (Fsp3) is 0.226. The number of anilines is 2. The topological polar surface area (TPSA) is 124 Å². The molecule has 0 saturated carbocycles. The molecule has 4 aromatic rings. The molecule has 2 amide bonds. The number of aliphatic hydroxyl groups is 1. The summed E-state index contributed by atoms with van der Waals surface area (Å²) in [5.41, 5.74) is 0.987. The number of aldehydes is 1. The first-order valence-electron chi connectivity index (χ1n) is 13.3. The van der Waals surface area contributed by atoms with Crippen LogP contribution in [0.4, 0.5) is 15.8 Å². The number of hydrogen-bond acceptors (Lipinski definition) is 10. The quantitative estimate of drug-likeness (QED) is 0.0440. The molecular formula is C31H34FN5O5S2. The largest absolute Gasteiger partial charge is 0.453 e. The van der Waals surface area contributed by atoms with E-state index in [0.717, 1.165) is 0 Å². The number of halogens is 1. The van der Waals surface area contributed by atoms with E-state index in [1.165, 1.54) is 28.5 Å². The molecule has 2 heterocycles. The Labute approximate surface area is 264 Å². The highest BCUT2D eigenvalue weighted by Crippen LogP contribution is 2.36. The van der Waals surface area contributed by atoms with Crippen LogP contribution < -0.4 is 19.8 Å². The van der Waals surface area contributed by atoms with Gasteiger partial charge in [-0.15, -0.1) is 11.3 Å². The number of thiol groups is 1. The van der Waals surface area contributed by atoms with Gasteiger partial charge >= 0.3 is 0 Å². The summed E-state index contributed by atoms with van der Waals surface area (Å²) in [4.78, 5) is 39.9. The average molecular weight is 640 g/mol. The molecular weight excluding hydrogens is 606 g/mol. The van der Waals surface area contributed by atoms with E-state index in [2.05, 4.69) is 27.8 Å². The van der Waals surface area contributed by atoms with Gasteiger partial charge in [-0.1, -0.05) is 37.1 Å². The summed E-state index contributed by atoms with van der Waals surface area (Å²) in [6, 6.07) is 16.9. The summed E-state index contributed by atoms with van der Waals surface area (Å²) in [5.74, 6) is -0.691. The van der Waals surface area contributed by atoms with Gasteiger partial charge in [0.25, 0.3) is 11.8 Å². The minimum atomic E-state index is -0.973. The van der Waals surface area contributed by atoms with Crippen LogP contribution >= 0.6 is 24.2 Å². The summed E-state index contributed by atoms with van der Waals surface area (Å²) in [6.45, 7) is 5.20. The average Bonchev–Trinajstić information content (AvgIpc) is 3.44. The van der Waals surface area contributed by atoms with Gasteiger partial charge in [-0.25, -0.2) is 14.4 Å². The maximum atomic E-state index is 14.1. The molecule has 0 aliphatic heterocycles. The van der Waals surface area contributed by atoms with Gasteiger partial charge in [0.1, 0.15) is 5.75 Å². The first-order chi connectivity index (χ1) is 20.9. The van der Waals surface area contributed by atoms with E-state index in [1.807, 2.05) is 18.2 Å². The zero-order valence-electron chi connectivity index (χ0n) is 24.9. The molecule has 0 unspecified atom stereocenters. The molecule has 3 N–H and O–H groups in total. The molecule has 10 nitrogen and oxygen atoms in total. The van der Waals surface area contributed by atoms with Crippen molar-refractivity contribution in [2.75, 3.05) is 31.0 Å². The lowest BCUT2D eigenvalue weighted by Gasteiger charge is -2.35. The van der Waals surface area contributed by atoms with Crippen molar-refractivity contribution in [3.63, 3.8) is 0 Å². The van der Waals surface area contributed by atoms with Crippen LogP contribution in [0.1, 0.15) is 30.4 Å². The second-order valence-electron chi connectivity index (χ2n) is 10.0. The van der Waals surface area contributed by atoms with Crippen molar-refractivity contribution in [3.8, 4) is 11.5 Å². The van der Waals surface area contributed by atoms with E-state index >= 15 is 0 Å². The second kappa shape index (κ2) is 15.4. The number of thiophene rings is 1. The number of aromatic nitrogens is 1. The summed E-state index contributed by atoms with van der Waals surface area (Å²) in [5, 5.41) is 15.8. The van der Waals surface area contributed by atoms with Crippen molar-refractivity contribution < 1.29 is 28.6 Å². The number of carbonyl (C=O) groups excluding carboxylic acids is 3. The Bertz CT molecular complexity index is 1640. The fourth-order valence-corrected chi connectivity index (χ4v) is 5.21. The van der Waals surface area contributed by atoms with Crippen molar-refractivity contribution in [1.82, 2.24) is 14.7 Å². The third kappa shape index (κ3) is 8.86. The van der Waals surface area contributed by atoms with Gasteiger partial charge in [-0.05, 0) is 51.1 Å². The lowest BCUT2D eigenvalue weighted by atomic mass is 10.1. The maximum Gasteiger partial charge on any atom is 0.275 e. The van der Waals surface area contributed by atoms with Gasteiger partial charge in [0.15, 0.2) is 17.9 Å². The SMILES string of the molecule is C/C=C(\C=O)C(=O)N(c1ccccc1)N(C)CC(C)(C)O.CNc1ccc(Oc2ccnc3cc(C(=O)NS)sc23)c(F)c1. The number of nitrogens with one attached hydrogen (secondary N) is 2. The molecule has 232 valence electrons. The Hall–Kier alpha value is -4.30. The number of hydrazine groups is 1. The number of fused-ring (bicyclic) bond motifs is 1. The number of rotatable bonds is 10. The summed E-state index contributed by atoms with van der Waals surface area (Å²) < 4.78 is 22.7. The van der Waals surface area contributed by atoms with Gasteiger partial charge in [0.05, 0.1) is 32.0 Å². The molecule has 0 saturated heterocycles. The third-order valence-electron chi connectivity index (χ3n) is 5.98. The van der Waals surface area contributed by atoms with Gasteiger partial charge in [-0.2, -0.15) is 0 Å². The van der Waals surface area contributed by atoms with Crippen molar-refractivity contribution in [2.45, 2.75) is 26.4 Å². The molecule has 44 heavy (non-hydrogen) atoms. The van der Waals surface area contributed by atoms with E-state index in [4.69, 9.17) is 4.74 Å². The first kappa shape index (κ1) is 34.2. The highest BCUT2D eigenvalue weighted by Gasteiger charge is 2.27. The Kier molecular flexibility index (Phi) is 12.0. The summed E-state index contributed by atoms with van der Waals surface area (Å²) in [6.07, 6.45) is 3.56. The molecule has 0 aliphatic rings. The predicted molar refractivity (Wildman–Crippen MR) is 175 cm³/mol.